The van der Waals surface area contributed by atoms with E-state index in [2.05, 4.69) is 15.5 Å². The molecule has 0 spiro atoms. The first-order chi connectivity index (χ1) is 13.2. The number of anilines is 1. The Morgan fingerprint density at radius 2 is 1.96 bits per heavy atom. The first kappa shape index (κ1) is 19.0. The molecule has 2 heterocycles. The highest BCUT2D eigenvalue weighted by Crippen LogP contribution is 2.23. The monoisotopic (exact) mass is 371 g/mol. The maximum Gasteiger partial charge on any atom is 0.287 e. The summed E-state index contributed by atoms with van der Waals surface area (Å²) in [5.41, 5.74) is 0.685. The second-order valence-electron chi connectivity index (χ2n) is 6.48. The van der Waals surface area contributed by atoms with Crippen LogP contribution < -0.4 is 15.4 Å². The summed E-state index contributed by atoms with van der Waals surface area (Å²) in [6.45, 7) is 4.28. The zero-order chi connectivity index (χ0) is 19.1. The average molecular weight is 371 g/mol. The van der Waals surface area contributed by atoms with Crippen LogP contribution in [0.4, 0.5) is 5.69 Å². The van der Waals surface area contributed by atoms with Crippen LogP contribution in [-0.4, -0.2) is 49.0 Å². The molecule has 7 heteroatoms. The summed E-state index contributed by atoms with van der Waals surface area (Å²) in [7, 11) is 0. The fourth-order valence-electron chi connectivity index (χ4n) is 3.14. The number of rotatable bonds is 7. The van der Waals surface area contributed by atoms with Crippen molar-refractivity contribution in [3.63, 3.8) is 0 Å². The van der Waals surface area contributed by atoms with Crippen molar-refractivity contribution in [1.29, 1.82) is 0 Å². The molecule has 0 aliphatic carbocycles. The lowest BCUT2D eigenvalue weighted by molar-refractivity contribution is -0.117. The van der Waals surface area contributed by atoms with Gasteiger partial charge in [-0.2, -0.15) is 0 Å². The average Bonchev–Trinajstić information content (AvgIpc) is 3.20. The van der Waals surface area contributed by atoms with E-state index in [1.807, 2.05) is 31.2 Å². The van der Waals surface area contributed by atoms with Crippen LogP contribution in [0, 0.1) is 0 Å². The third kappa shape index (κ3) is 5.34. The number of furan rings is 1. The van der Waals surface area contributed by atoms with Crippen molar-refractivity contribution in [3.8, 4) is 5.75 Å². The Labute approximate surface area is 158 Å². The Hall–Kier alpha value is -2.80. The molecule has 0 atom stereocenters. The minimum Gasteiger partial charge on any atom is -0.492 e. The van der Waals surface area contributed by atoms with Crippen molar-refractivity contribution in [3.05, 3.63) is 48.4 Å². The van der Waals surface area contributed by atoms with Gasteiger partial charge in [0.1, 0.15) is 5.75 Å². The Morgan fingerprint density at radius 1 is 1.19 bits per heavy atom. The summed E-state index contributed by atoms with van der Waals surface area (Å²) in [5.74, 6) is 0.737. The maximum atomic E-state index is 12.4. The minimum atomic E-state index is -0.191. The van der Waals surface area contributed by atoms with E-state index in [-0.39, 0.29) is 17.9 Å². The first-order valence-corrected chi connectivity index (χ1v) is 9.24. The van der Waals surface area contributed by atoms with E-state index in [9.17, 15) is 9.59 Å². The number of ether oxygens (including phenoxy) is 1. The number of likely N-dealkylation sites (tertiary alicyclic amines) is 1. The van der Waals surface area contributed by atoms with Crippen molar-refractivity contribution in [2.45, 2.75) is 25.8 Å². The molecule has 1 aliphatic heterocycles. The molecular formula is C20H25N3O4. The van der Waals surface area contributed by atoms with Crippen LogP contribution in [0.1, 0.15) is 30.3 Å². The van der Waals surface area contributed by atoms with Crippen LogP contribution in [0.3, 0.4) is 0 Å². The Morgan fingerprint density at radius 3 is 2.67 bits per heavy atom. The molecule has 144 valence electrons. The van der Waals surface area contributed by atoms with Crippen LogP contribution in [0.25, 0.3) is 0 Å². The molecule has 2 aromatic rings. The minimum absolute atomic E-state index is 0.0692. The van der Waals surface area contributed by atoms with E-state index >= 15 is 0 Å². The predicted molar refractivity (Wildman–Crippen MR) is 102 cm³/mol. The molecule has 27 heavy (non-hydrogen) atoms. The fourth-order valence-corrected chi connectivity index (χ4v) is 3.14. The van der Waals surface area contributed by atoms with Gasteiger partial charge in [-0.3, -0.25) is 14.5 Å². The van der Waals surface area contributed by atoms with Gasteiger partial charge in [0.2, 0.25) is 5.91 Å². The highest BCUT2D eigenvalue weighted by molar-refractivity contribution is 5.93. The normalized spacial score (nSPS) is 15.3. The number of carbonyl (C=O) groups is 2. The van der Waals surface area contributed by atoms with Crippen molar-refractivity contribution in [1.82, 2.24) is 10.2 Å². The van der Waals surface area contributed by atoms with Crippen molar-refractivity contribution in [2.75, 3.05) is 31.6 Å². The van der Waals surface area contributed by atoms with E-state index in [0.29, 0.717) is 30.3 Å². The Bertz CT molecular complexity index is 752. The topological polar surface area (TPSA) is 83.8 Å². The SMILES string of the molecule is CCOc1ccccc1NC(=O)CN1CCC(NC(=O)c2ccco2)CC1. The van der Waals surface area contributed by atoms with Gasteiger partial charge in [0, 0.05) is 19.1 Å². The van der Waals surface area contributed by atoms with E-state index in [0.717, 1.165) is 25.9 Å². The third-order valence-corrected chi connectivity index (χ3v) is 4.50. The lowest BCUT2D eigenvalue weighted by Gasteiger charge is -2.31. The molecule has 0 unspecified atom stereocenters. The van der Waals surface area contributed by atoms with E-state index in [1.165, 1.54) is 6.26 Å². The van der Waals surface area contributed by atoms with Gasteiger partial charge in [0.25, 0.3) is 5.91 Å². The van der Waals surface area contributed by atoms with Gasteiger partial charge >= 0.3 is 0 Å². The highest BCUT2D eigenvalue weighted by atomic mass is 16.5. The summed E-state index contributed by atoms with van der Waals surface area (Å²) < 4.78 is 10.6. The molecule has 0 radical (unpaired) electrons. The van der Waals surface area contributed by atoms with Gasteiger partial charge in [0.05, 0.1) is 25.1 Å². The zero-order valence-electron chi connectivity index (χ0n) is 15.4. The summed E-state index contributed by atoms with van der Waals surface area (Å²) >= 11 is 0. The number of para-hydroxylation sites is 2. The molecule has 1 fully saturated rings. The van der Waals surface area contributed by atoms with E-state index in [4.69, 9.17) is 9.15 Å². The molecule has 1 aromatic carbocycles. The summed E-state index contributed by atoms with van der Waals surface area (Å²) in [6, 6.07) is 10.9. The number of nitrogens with zero attached hydrogens (tertiary/aromatic N) is 1. The molecule has 7 nitrogen and oxygen atoms in total. The summed E-state index contributed by atoms with van der Waals surface area (Å²) in [6.07, 6.45) is 3.09. The summed E-state index contributed by atoms with van der Waals surface area (Å²) in [5, 5.41) is 5.90. The van der Waals surface area contributed by atoms with E-state index < -0.39 is 0 Å². The van der Waals surface area contributed by atoms with Gasteiger partial charge < -0.3 is 19.8 Å². The van der Waals surface area contributed by atoms with Gasteiger partial charge in [0.15, 0.2) is 5.76 Å². The molecular weight excluding hydrogens is 346 g/mol. The molecule has 1 aromatic heterocycles. The second-order valence-corrected chi connectivity index (χ2v) is 6.48. The molecule has 0 bridgehead atoms. The van der Waals surface area contributed by atoms with Crippen molar-refractivity contribution >= 4 is 17.5 Å². The standard InChI is InChI=1S/C20H25N3O4/c1-2-26-17-7-4-3-6-16(17)22-19(24)14-23-11-9-15(10-12-23)21-20(25)18-8-5-13-27-18/h3-8,13,15H,2,9-12,14H2,1H3,(H,21,25)(H,22,24). The first-order valence-electron chi connectivity index (χ1n) is 9.24. The Kier molecular flexibility index (Phi) is 6.49. The van der Waals surface area contributed by atoms with Crippen molar-refractivity contribution in [2.24, 2.45) is 0 Å². The van der Waals surface area contributed by atoms with Crippen LogP contribution in [-0.2, 0) is 4.79 Å². The maximum absolute atomic E-state index is 12.4. The van der Waals surface area contributed by atoms with Gasteiger partial charge in [-0.1, -0.05) is 12.1 Å². The number of piperidine rings is 1. The quantitative estimate of drug-likeness (QED) is 0.781. The lowest BCUT2D eigenvalue weighted by Crippen LogP contribution is -2.46. The molecule has 3 rings (SSSR count). The number of nitrogens with one attached hydrogen (secondary N) is 2. The number of benzene rings is 1. The van der Waals surface area contributed by atoms with Crippen LogP contribution in [0.5, 0.6) is 5.75 Å². The zero-order valence-corrected chi connectivity index (χ0v) is 15.4. The number of hydrogen-bond acceptors (Lipinski definition) is 5. The van der Waals surface area contributed by atoms with Gasteiger partial charge in [-0.05, 0) is 44.0 Å². The third-order valence-electron chi connectivity index (χ3n) is 4.50. The van der Waals surface area contributed by atoms with Crippen LogP contribution in [0.15, 0.2) is 47.1 Å². The van der Waals surface area contributed by atoms with E-state index in [1.54, 1.807) is 12.1 Å². The van der Waals surface area contributed by atoms with Crippen LogP contribution >= 0.6 is 0 Å². The van der Waals surface area contributed by atoms with Gasteiger partial charge in [-0.25, -0.2) is 0 Å². The Balaban J connectivity index is 1.44. The molecule has 0 saturated carbocycles. The number of hydrogen-bond donors (Lipinski definition) is 2. The number of carbonyl (C=O) groups excluding carboxylic acids is 2. The predicted octanol–water partition coefficient (Wildman–Crippen LogP) is 2.51. The van der Waals surface area contributed by atoms with Crippen LogP contribution in [0.2, 0.25) is 0 Å². The number of amides is 2. The molecule has 2 amide bonds. The fraction of sp³-hybridized carbons (Fsp3) is 0.400. The summed E-state index contributed by atoms with van der Waals surface area (Å²) in [4.78, 5) is 26.5. The molecule has 2 N–H and O–H groups in total. The lowest BCUT2D eigenvalue weighted by atomic mass is 10.0. The molecule has 1 saturated heterocycles. The van der Waals surface area contributed by atoms with Crippen molar-refractivity contribution < 1.29 is 18.7 Å². The highest BCUT2D eigenvalue weighted by Gasteiger charge is 2.23. The smallest absolute Gasteiger partial charge is 0.287 e. The second kappa shape index (κ2) is 9.23. The van der Waals surface area contributed by atoms with Gasteiger partial charge in [-0.15, -0.1) is 0 Å². The molecule has 1 aliphatic rings. The largest absolute Gasteiger partial charge is 0.492 e.